The second-order valence-electron chi connectivity index (χ2n) is 13.3. The number of hydrazone groups is 1. The van der Waals surface area contributed by atoms with E-state index in [4.69, 9.17) is 9.84 Å². The molecule has 3 amide bonds. The lowest BCUT2D eigenvalue weighted by molar-refractivity contribution is 0.0486. The molecule has 270 valence electrons. The number of piperazine rings is 1. The molecule has 0 radical (unpaired) electrons. The third kappa shape index (κ3) is 9.89. The van der Waals surface area contributed by atoms with Crippen molar-refractivity contribution in [1.29, 1.82) is 0 Å². The number of hydrogen-bond acceptors (Lipinski definition) is 10. The van der Waals surface area contributed by atoms with Crippen LogP contribution < -0.4 is 10.7 Å². The predicted octanol–water partition coefficient (Wildman–Crippen LogP) is 5.33. The number of aliphatic hydroxyl groups is 1. The average molecular weight is 732 g/mol. The number of nitrogens with one attached hydrogen (secondary N) is 2. The fourth-order valence-corrected chi connectivity index (χ4v) is 7.34. The van der Waals surface area contributed by atoms with E-state index in [-0.39, 0.29) is 36.1 Å². The molecule has 1 saturated heterocycles. The van der Waals surface area contributed by atoms with Gasteiger partial charge in [0.15, 0.2) is 0 Å². The molecule has 11 nitrogen and oxygen atoms in total. The third-order valence-corrected chi connectivity index (χ3v) is 10.7. The molecule has 5 rings (SSSR count). The summed E-state index contributed by atoms with van der Waals surface area (Å²) in [5, 5.41) is 28.7. The summed E-state index contributed by atoms with van der Waals surface area (Å²) in [7, 11) is 0. The van der Waals surface area contributed by atoms with Crippen LogP contribution in [0.1, 0.15) is 74.1 Å². The Morgan fingerprint density at radius 1 is 0.902 bits per heavy atom. The van der Waals surface area contributed by atoms with Crippen LogP contribution in [-0.2, 0) is 16.7 Å². The van der Waals surface area contributed by atoms with Gasteiger partial charge in [-0.1, -0.05) is 57.2 Å². The first-order chi connectivity index (χ1) is 24.4. The van der Waals surface area contributed by atoms with Gasteiger partial charge >= 0.3 is 0 Å². The molecular weight excluding hydrogens is 687 g/mol. The van der Waals surface area contributed by atoms with Crippen molar-refractivity contribution in [2.75, 3.05) is 52.5 Å². The number of amides is 3. The molecule has 0 spiro atoms. The van der Waals surface area contributed by atoms with Crippen LogP contribution in [0.4, 0.5) is 0 Å². The summed E-state index contributed by atoms with van der Waals surface area (Å²) in [6.07, 6.45) is 0. The highest BCUT2D eigenvalue weighted by Gasteiger charge is 2.22. The Kier molecular flexibility index (Phi) is 12.8. The summed E-state index contributed by atoms with van der Waals surface area (Å²) in [5.74, 6) is -0.684. The Balaban J connectivity index is 1.08. The van der Waals surface area contributed by atoms with Crippen molar-refractivity contribution in [1.82, 2.24) is 20.5 Å². The van der Waals surface area contributed by atoms with Gasteiger partial charge < -0.3 is 25.2 Å². The molecule has 0 bridgehead atoms. The summed E-state index contributed by atoms with van der Waals surface area (Å²) < 4.78 is 5.34. The number of rotatable bonds is 13. The molecule has 0 aliphatic carbocycles. The van der Waals surface area contributed by atoms with Gasteiger partial charge in [0.05, 0.1) is 45.7 Å². The van der Waals surface area contributed by atoms with Crippen molar-refractivity contribution in [2.45, 2.75) is 39.7 Å². The number of hydrogen-bond donors (Lipinski definition) is 4. The lowest BCUT2D eigenvalue weighted by Gasteiger charge is -2.34. The Hall–Kier alpha value is -4.40. The summed E-state index contributed by atoms with van der Waals surface area (Å²) in [4.78, 5) is 44.3. The predicted molar refractivity (Wildman–Crippen MR) is 202 cm³/mol. The van der Waals surface area contributed by atoms with Gasteiger partial charge in [-0.2, -0.15) is 5.10 Å². The first kappa shape index (κ1) is 37.8. The van der Waals surface area contributed by atoms with Gasteiger partial charge in [-0.25, -0.2) is 5.43 Å². The smallest absolute Gasteiger partial charge is 0.281 e. The van der Waals surface area contributed by atoms with Crippen molar-refractivity contribution >= 4 is 46.1 Å². The molecule has 2 aromatic carbocycles. The molecule has 4 aromatic rings. The molecule has 51 heavy (non-hydrogen) atoms. The van der Waals surface area contributed by atoms with Crippen LogP contribution in [0.5, 0.6) is 5.75 Å². The minimum absolute atomic E-state index is 0.0149. The Morgan fingerprint density at radius 3 is 2.22 bits per heavy atom. The molecule has 1 fully saturated rings. The fraction of sp³-hybridized carbons (Fsp3) is 0.368. The molecule has 1 aliphatic heterocycles. The molecule has 2 aromatic heterocycles. The van der Waals surface area contributed by atoms with Crippen LogP contribution in [0.25, 0.3) is 10.4 Å². The first-order valence-electron chi connectivity index (χ1n) is 16.9. The van der Waals surface area contributed by atoms with Gasteiger partial charge in [0.25, 0.3) is 17.7 Å². The summed E-state index contributed by atoms with van der Waals surface area (Å²) in [5.41, 5.74) is 7.11. The van der Waals surface area contributed by atoms with E-state index in [2.05, 4.69) is 53.6 Å². The first-order valence-corrected chi connectivity index (χ1v) is 18.6. The fourth-order valence-electron chi connectivity index (χ4n) is 5.52. The van der Waals surface area contributed by atoms with Crippen LogP contribution in [-0.4, -0.2) is 96.0 Å². The van der Waals surface area contributed by atoms with E-state index < -0.39 is 5.91 Å². The van der Waals surface area contributed by atoms with Crippen molar-refractivity contribution in [3.05, 3.63) is 98.1 Å². The van der Waals surface area contributed by atoms with Crippen molar-refractivity contribution in [3.8, 4) is 16.2 Å². The maximum absolute atomic E-state index is 13.0. The number of nitrogens with zero attached hydrogens (tertiary/aromatic N) is 3. The Bertz CT molecular complexity index is 1840. The van der Waals surface area contributed by atoms with Gasteiger partial charge in [-0.3, -0.25) is 19.3 Å². The number of ether oxygens (including phenoxy) is 1. The quantitative estimate of drug-likeness (QED) is 0.0827. The van der Waals surface area contributed by atoms with E-state index in [0.29, 0.717) is 52.9 Å². The van der Waals surface area contributed by atoms with Crippen LogP contribution in [0.15, 0.2) is 71.1 Å². The lowest BCUT2D eigenvalue weighted by atomic mass is 9.86. The van der Waals surface area contributed by atoms with Gasteiger partial charge in [-0.15, -0.1) is 22.7 Å². The molecule has 13 heteroatoms. The summed E-state index contributed by atoms with van der Waals surface area (Å²) >= 11 is 2.47. The van der Waals surface area contributed by atoms with E-state index in [9.17, 15) is 19.5 Å². The van der Waals surface area contributed by atoms with E-state index in [1.54, 1.807) is 31.2 Å². The van der Waals surface area contributed by atoms with Crippen LogP contribution in [0, 0.1) is 0 Å². The molecule has 1 aliphatic rings. The average Bonchev–Trinajstić information content (AvgIpc) is 3.79. The zero-order valence-electron chi connectivity index (χ0n) is 29.4. The van der Waals surface area contributed by atoms with E-state index >= 15 is 0 Å². The third-order valence-electron chi connectivity index (χ3n) is 8.65. The maximum Gasteiger partial charge on any atom is 0.281 e. The summed E-state index contributed by atoms with van der Waals surface area (Å²) in [6, 6.07) is 18.5. The van der Waals surface area contributed by atoms with Gasteiger partial charge in [-0.05, 0) is 53.3 Å². The Labute approximate surface area is 306 Å². The summed E-state index contributed by atoms with van der Waals surface area (Å²) in [6.45, 7) is 12.9. The lowest BCUT2D eigenvalue weighted by Crippen LogP contribution is -2.49. The highest BCUT2D eigenvalue weighted by Crippen LogP contribution is 2.39. The highest BCUT2D eigenvalue weighted by atomic mass is 32.1. The monoisotopic (exact) mass is 731 g/mol. The number of carbonyl (C=O) groups is 3. The van der Waals surface area contributed by atoms with Crippen molar-refractivity contribution in [2.24, 2.45) is 5.10 Å². The topological polar surface area (TPSA) is 144 Å². The SMILES string of the molecule is C/C(=N\NC(=O)c1ccc(C(=O)NCc2ccc(C(=O)N3CCN(CCOCCO)CC3)cc2)s1)c1csc(-c2ccc(C(C)(C)C)cc2)c1O. The van der Waals surface area contributed by atoms with Gasteiger partial charge in [0, 0.05) is 50.2 Å². The molecule has 3 heterocycles. The van der Waals surface area contributed by atoms with Crippen LogP contribution >= 0.6 is 22.7 Å². The zero-order valence-corrected chi connectivity index (χ0v) is 31.0. The standard InChI is InChI=1S/C38H45N5O6S2/c1-25(30-24-50-34(33(30)45)27-9-11-29(12-10-27)38(2,3)4)40-41-36(47)32-14-13-31(51-32)35(46)39-23-26-5-7-28(8-6-26)37(48)43-17-15-42(16-18-43)19-21-49-22-20-44/h5-14,24,44-45H,15-23H2,1-4H3,(H,39,46)(H,41,47)/b40-25+. The van der Waals surface area contributed by atoms with Gasteiger partial charge in [0.1, 0.15) is 5.75 Å². The molecule has 4 N–H and O–H groups in total. The maximum atomic E-state index is 13.0. The van der Waals surface area contributed by atoms with E-state index in [0.717, 1.165) is 47.0 Å². The van der Waals surface area contributed by atoms with E-state index in [1.807, 2.05) is 34.5 Å². The van der Waals surface area contributed by atoms with Crippen molar-refractivity contribution in [3.63, 3.8) is 0 Å². The molecule has 0 saturated carbocycles. The molecular formula is C38H45N5O6S2. The second-order valence-corrected chi connectivity index (χ2v) is 15.3. The minimum Gasteiger partial charge on any atom is -0.506 e. The number of aromatic hydroxyl groups is 1. The minimum atomic E-state index is -0.458. The van der Waals surface area contributed by atoms with E-state index in [1.165, 1.54) is 16.9 Å². The number of thiophene rings is 2. The number of benzene rings is 2. The Morgan fingerprint density at radius 2 is 1.57 bits per heavy atom. The molecule has 0 atom stereocenters. The largest absolute Gasteiger partial charge is 0.506 e. The number of carbonyl (C=O) groups excluding carboxylic acids is 3. The van der Waals surface area contributed by atoms with Crippen LogP contribution in [0.2, 0.25) is 0 Å². The normalized spacial score (nSPS) is 14.1. The number of aliphatic hydroxyl groups excluding tert-OH is 1. The highest BCUT2D eigenvalue weighted by molar-refractivity contribution is 7.16. The van der Waals surface area contributed by atoms with Gasteiger partial charge in [0.2, 0.25) is 0 Å². The molecule has 0 unspecified atom stereocenters. The van der Waals surface area contributed by atoms with Crippen molar-refractivity contribution < 1.29 is 29.3 Å². The zero-order chi connectivity index (χ0) is 36.5. The second kappa shape index (κ2) is 17.2. The van der Waals surface area contributed by atoms with Crippen LogP contribution in [0.3, 0.4) is 0 Å².